The number of likely N-dealkylation sites (N-methyl/N-ethyl adjacent to an activating group) is 1. The molecule has 0 saturated carbocycles. The summed E-state index contributed by atoms with van der Waals surface area (Å²) in [5.41, 5.74) is 2.98. The van der Waals surface area contributed by atoms with Gasteiger partial charge in [-0.3, -0.25) is 0 Å². The highest BCUT2D eigenvalue weighted by molar-refractivity contribution is 6.30. The number of aromatic nitrogens is 2. The van der Waals surface area contributed by atoms with Crippen molar-refractivity contribution < 1.29 is 0 Å². The number of hydrogen-bond acceptors (Lipinski definition) is 5. The van der Waals surface area contributed by atoms with Crippen LogP contribution in [0.4, 0.5) is 17.5 Å². The third-order valence-corrected chi connectivity index (χ3v) is 3.38. The maximum Gasteiger partial charge on any atom is 0.224 e. The zero-order valence-electron chi connectivity index (χ0n) is 13.4. The van der Waals surface area contributed by atoms with Crippen molar-refractivity contribution in [3.05, 3.63) is 40.5 Å². The fourth-order valence-corrected chi connectivity index (χ4v) is 2.23. The summed E-state index contributed by atoms with van der Waals surface area (Å²) in [4.78, 5) is 11.0. The highest BCUT2D eigenvalue weighted by Crippen LogP contribution is 2.23. The number of nitrogens with one attached hydrogen (secondary N) is 2. The smallest absolute Gasteiger partial charge is 0.224 e. The molecule has 0 spiro atoms. The van der Waals surface area contributed by atoms with Crippen LogP contribution in [-0.4, -0.2) is 42.1 Å². The van der Waals surface area contributed by atoms with Crippen molar-refractivity contribution in [3.8, 4) is 0 Å². The Morgan fingerprint density at radius 2 is 1.91 bits per heavy atom. The average Bonchev–Trinajstić information content (AvgIpc) is 2.41. The summed E-state index contributed by atoms with van der Waals surface area (Å²) in [6, 6.07) is 7.66. The first-order valence-corrected chi connectivity index (χ1v) is 7.59. The van der Waals surface area contributed by atoms with Crippen LogP contribution in [0.5, 0.6) is 0 Å². The number of nitrogens with zero attached hydrogens (tertiary/aromatic N) is 3. The van der Waals surface area contributed by atoms with Crippen LogP contribution in [0.3, 0.4) is 0 Å². The van der Waals surface area contributed by atoms with E-state index < -0.39 is 0 Å². The highest BCUT2D eigenvalue weighted by Gasteiger charge is 2.05. The summed E-state index contributed by atoms with van der Waals surface area (Å²) in [6.07, 6.45) is 0. The Hall–Kier alpha value is -1.85. The molecular weight excluding hydrogens is 298 g/mol. The fourth-order valence-electron chi connectivity index (χ4n) is 2.01. The van der Waals surface area contributed by atoms with Gasteiger partial charge in [0.2, 0.25) is 5.95 Å². The Morgan fingerprint density at radius 1 is 1.14 bits per heavy atom. The fraction of sp³-hybridized carbons (Fsp3) is 0.375. The predicted octanol–water partition coefficient (Wildman–Crippen LogP) is 3.46. The van der Waals surface area contributed by atoms with Crippen LogP contribution >= 0.6 is 11.6 Å². The molecule has 0 aliphatic heterocycles. The standard InChI is InChI=1S/C16H22ClN5/c1-11-9-13(17)5-6-14(11)20-15-10-12(2)19-16(21-15)18-7-8-22(3)4/h5-6,9-10H,7-8H2,1-4H3,(H2,18,19,20,21). The van der Waals surface area contributed by atoms with E-state index in [1.54, 1.807) is 0 Å². The van der Waals surface area contributed by atoms with Crippen LogP contribution in [0.15, 0.2) is 24.3 Å². The van der Waals surface area contributed by atoms with Crippen molar-refractivity contribution in [1.82, 2.24) is 14.9 Å². The predicted molar refractivity (Wildman–Crippen MR) is 93.3 cm³/mol. The molecule has 22 heavy (non-hydrogen) atoms. The Morgan fingerprint density at radius 3 is 2.59 bits per heavy atom. The van der Waals surface area contributed by atoms with Crippen molar-refractivity contribution in [3.63, 3.8) is 0 Å². The van der Waals surface area contributed by atoms with E-state index in [1.807, 2.05) is 52.2 Å². The zero-order chi connectivity index (χ0) is 16.1. The summed E-state index contributed by atoms with van der Waals surface area (Å²) >= 11 is 5.99. The lowest BCUT2D eigenvalue weighted by Gasteiger charge is -2.13. The number of halogens is 1. The van der Waals surface area contributed by atoms with E-state index in [2.05, 4.69) is 25.5 Å². The van der Waals surface area contributed by atoms with Gasteiger partial charge in [0.25, 0.3) is 0 Å². The van der Waals surface area contributed by atoms with Gasteiger partial charge in [-0.1, -0.05) is 11.6 Å². The van der Waals surface area contributed by atoms with Gasteiger partial charge < -0.3 is 15.5 Å². The van der Waals surface area contributed by atoms with E-state index in [-0.39, 0.29) is 0 Å². The molecule has 0 radical (unpaired) electrons. The Labute approximate surface area is 136 Å². The minimum absolute atomic E-state index is 0.635. The largest absolute Gasteiger partial charge is 0.353 e. The minimum atomic E-state index is 0.635. The molecule has 2 N–H and O–H groups in total. The van der Waals surface area contributed by atoms with E-state index in [0.717, 1.165) is 40.9 Å². The Bertz CT molecular complexity index is 642. The van der Waals surface area contributed by atoms with Gasteiger partial charge in [0.1, 0.15) is 5.82 Å². The van der Waals surface area contributed by atoms with Crippen LogP contribution in [0.25, 0.3) is 0 Å². The van der Waals surface area contributed by atoms with Gasteiger partial charge >= 0.3 is 0 Å². The monoisotopic (exact) mass is 319 g/mol. The van der Waals surface area contributed by atoms with Gasteiger partial charge in [0.15, 0.2) is 0 Å². The quantitative estimate of drug-likeness (QED) is 0.854. The molecule has 2 aromatic rings. The maximum absolute atomic E-state index is 5.99. The van der Waals surface area contributed by atoms with E-state index >= 15 is 0 Å². The van der Waals surface area contributed by atoms with Crippen LogP contribution in [0.2, 0.25) is 5.02 Å². The van der Waals surface area contributed by atoms with Crippen molar-refractivity contribution >= 4 is 29.1 Å². The zero-order valence-corrected chi connectivity index (χ0v) is 14.2. The van der Waals surface area contributed by atoms with Gasteiger partial charge in [0, 0.05) is 35.6 Å². The molecule has 5 nitrogen and oxygen atoms in total. The number of hydrogen-bond donors (Lipinski definition) is 2. The number of aryl methyl sites for hydroxylation is 2. The van der Waals surface area contributed by atoms with Gasteiger partial charge in [-0.25, -0.2) is 4.98 Å². The average molecular weight is 320 g/mol. The van der Waals surface area contributed by atoms with Gasteiger partial charge in [-0.15, -0.1) is 0 Å². The molecule has 6 heteroatoms. The number of anilines is 3. The first kappa shape index (κ1) is 16.5. The molecule has 0 unspecified atom stereocenters. The molecule has 1 aromatic carbocycles. The van der Waals surface area contributed by atoms with Crippen LogP contribution in [0.1, 0.15) is 11.3 Å². The van der Waals surface area contributed by atoms with Gasteiger partial charge in [-0.05, 0) is 51.7 Å². The van der Waals surface area contributed by atoms with E-state index in [1.165, 1.54) is 0 Å². The summed E-state index contributed by atoms with van der Waals surface area (Å²) < 4.78 is 0. The van der Waals surface area contributed by atoms with Gasteiger partial charge in [0.05, 0.1) is 0 Å². The number of rotatable bonds is 6. The molecule has 0 aliphatic rings. The molecular formula is C16H22ClN5. The normalized spacial score (nSPS) is 10.8. The molecule has 0 saturated heterocycles. The molecule has 1 aromatic heterocycles. The van der Waals surface area contributed by atoms with Crippen molar-refractivity contribution in [2.75, 3.05) is 37.8 Å². The summed E-state index contributed by atoms with van der Waals surface area (Å²) in [5.74, 6) is 1.40. The SMILES string of the molecule is Cc1cc(Nc2ccc(Cl)cc2C)nc(NCCN(C)C)n1. The third-order valence-electron chi connectivity index (χ3n) is 3.15. The molecule has 0 aliphatic carbocycles. The lowest BCUT2D eigenvalue weighted by atomic mass is 10.2. The topological polar surface area (TPSA) is 53.1 Å². The first-order valence-electron chi connectivity index (χ1n) is 7.21. The first-order chi connectivity index (χ1) is 10.4. The summed E-state index contributed by atoms with van der Waals surface area (Å²) in [7, 11) is 4.07. The molecule has 118 valence electrons. The third kappa shape index (κ3) is 4.86. The molecule has 1 heterocycles. The minimum Gasteiger partial charge on any atom is -0.353 e. The highest BCUT2D eigenvalue weighted by atomic mass is 35.5. The second-order valence-corrected chi connectivity index (χ2v) is 5.97. The van der Waals surface area contributed by atoms with Crippen molar-refractivity contribution in [2.24, 2.45) is 0 Å². The van der Waals surface area contributed by atoms with E-state index in [0.29, 0.717) is 5.95 Å². The lowest BCUT2D eigenvalue weighted by Crippen LogP contribution is -2.21. The maximum atomic E-state index is 5.99. The second kappa shape index (κ2) is 7.42. The lowest BCUT2D eigenvalue weighted by molar-refractivity contribution is 0.425. The van der Waals surface area contributed by atoms with Crippen LogP contribution < -0.4 is 10.6 Å². The van der Waals surface area contributed by atoms with Crippen molar-refractivity contribution in [2.45, 2.75) is 13.8 Å². The Kier molecular flexibility index (Phi) is 5.57. The van der Waals surface area contributed by atoms with E-state index in [9.17, 15) is 0 Å². The summed E-state index contributed by atoms with van der Waals surface area (Å²) in [6.45, 7) is 5.70. The molecule has 0 fully saturated rings. The van der Waals surface area contributed by atoms with Crippen LogP contribution in [-0.2, 0) is 0 Å². The van der Waals surface area contributed by atoms with Crippen molar-refractivity contribution in [1.29, 1.82) is 0 Å². The second-order valence-electron chi connectivity index (χ2n) is 5.53. The van der Waals surface area contributed by atoms with E-state index in [4.69, 9.17) is 11.6 Å². The molecule has 2 rings (SSSR count). The molecule has 0 atom stereocenters. The Balaban J connectivity index is 2.12. The molecule has 0 bridgehead atoms. The number of benzene rings is 1. The molecule has 0 amide bonds. The summed E-state index contributed by atoms with van der Waals surface area (Å²) in [5, 5.41) is 7.29. The van der Waals surface area contributed by atoms with Gasteiger partial charge in [-0.2, -0.15) is 4.98 Å². The van der Waals surface area contributed by atoms with Crippen LogP contribution in [0, 0.1) is 13.8 Å².